The van der Waals surface area contributed by atoms with Crippen LogP contribution in [0.4, 0.5) is 11.4 Å². The van der Waals surface area contributed by atoms with Crippen molar-refractivity contribution in [2.45, 2.75) is 31.5 Å². The van der Waals surface area contributed by atoms with E-state index < -0.39 is 17.0 Å². The first-order valence-electron chi connectivity index (χ1n) is 9.69. The van der Waals surface area contributed by atoms with Crippen LogP contribution in [0.1, 0.15) is 18.4 Å². The van der Waals surface area contributed by atoms with Crippen LogP contribution in [-0.4, -0.2) is 46.9 Å². The zero-order chi connectivity index (χ0) is 21.5. The fraction of sp³-hybridized carbons (Fsp3) is 0.333. The maximum absolute atomic E-state index is 12.7. The molecule has 2 atom stereocenters. The molecule has 0 unspecified atom stereocenters. The van der Waals surface area contributed by atoms with E-state index in [-0.39, 0.29) is 36.5 Å². The Morgan fingerprint density at radius 3 is 2.52 bits per heavy atom. The Balaban J connectivity index is 0.00000341. The van der Waals surface area contributed by atoms with Crippen molar-refractivity contribution in [1.29, 1.82) is 0 Å². The third-order valence-electron chi connectivity index (χ3n) is 4.91. The average Bonchev–Trinajstić information content (AvgIpc) is 3.24. The van der Waals surface area contributed by atoms with Crippen LogP contribution in [0.15, 0.2) is 54.6 Å². The Bertz CT molecular complexity index is 894. The van der Waals surface area contributed by atoms with Gasteiger partial charge in [-0.05, 0) is 30.5 Å². The second kappa shape index (κ2) is 11.4. The molecule has 1 saturated heterocycles. The molecule has 0 aromatic heterocycles. The summed E-state index contributed by atoms with van der Waals surface area (Å²) in [4.78, 5) is 37.1. The first-order valence-corrected chi connectivity index (χ1v) is 9.69. The molecule has 1 fully saturated rings. The highest BCUT2D eigenvalue weighted by Gasteiger charge is 2.36. The van der Waals surface area contributed by atoms with Gasteiger partial charge in [0.1, 0.15) is 12.1 Å². The first kappa shape index (κ1) is 24.3. The molecule has 2 amide bonds. The molecular weight excluding hydrogens is 424 g/mol. The van der Waals surface area contributed by atoms with E-state index in [9.17, 15) is 19.7 Å². The van der Waals surface area contributed by atoms with Crippen molar-refractivity contribution in [3.05, 3.63) is 70.3 Å². The van der Waals surface area contributed by atoms with Gasteiger partial charge >= 0.3 is 0 Å². The highest BCUT2D eigenvalue weighted by molar-refractivity contribution is 5.98. The quantitative estimate of drug-likeness (QED) is 0.471. The number of nitrogens with zero attached hydrogens (tertiary/aromatic N) is 2. The number of carbonyl (C=O) groups excluding carboxylic acids is 2. The molecule has 1 heterocycles. The van der Waals surface area contributed by atoms with E-state index in [4.69, 9.17) is 10.5 Å². The van der Waals surface area contributed by atoms with E-state index in [0.29, 0.717) is 31.7 Å². The minimum absolute atomic E-state index is 0. The lowest BCUT2D eigenvalue weighted by molar-refractivity contribution is -0.384. The van der Waals surface area contributed by atoms with Crippen molar-refractivity contribution in [3.63, 3.8) is 0 Å². The predicted molar refractivity (Wildman–Crippen MR) is 118 cm³/mol. The lowest BCUT2D eigenvalue weighted by Crippen LogP contribution is -2.51. The van der Waals surface area contributed by atoms with Crippen molar-refractivity contribution < 1.29 is 19.2 Å². The lowest BCUT2D eigenvalue weighted by atomic mass is 10.1. The summed E-state index contributed by atoms with van der Waals surface area (Å²) < 4.78 is 5.56. The SMILES string of the molecule is Cl.N[C@@H](COCc1ccccc1)C(=O)N1CCC[C@H]1C(=O)Nc1ccc([N+](=O)[O-])cc1. The fourth-order valence-corrected chi connectivity index (χ4v) is 3.36. The Labute approximate surface area is 186 Å². The number of hydrogen-bond donors (Lipinski definition) is 2. The molecule has 31 heavy (non-hydrogen) atoms. The topological polar surface area (TPSA) is 128 Å². The fourth-order valence-electron chi connectivity index (χ4n) is 3.36. The van der Waals surface area contributed by atoms with Crippen LogP contribution in [0.25, 0.3) is 0 Å². The number of amides is 2. The number of likely N-dealkylation sites (tertiary alicyclic amines) is 1. The van der Waals surface area contributed by atoms with E-state index in [1.54, 1.807) is 0 Å². The van der Waals surface area contributed by atoms with Gasteiger partial charge in [-0.3, -0.25) is 19.7 Å². The zero-order valence-corrected chi connectivity index (χ0v) is 17.6. The molecular formula is C21H25ClN4O5. The Kier molecular flexibility index (Phi) is 8.92. The second-order valence-electron chi connectivity index (χ2n) is 7.09. The van der Waals surface area contributed by atoms with E-state index in [2.05, 4.69) is 5.32 Å². The van der Waals surface area contributed by atoms with Gasteiger partial charge in [-0.1, -0.05) is 30.3 Å². The second-order valence-corrected chi connectivity index (χ2v) is 7.09. The van der Waals surface area contributed by atoms with Crippen LogP contribution in [0.2, 0.25) is 0 Å². The minimum atomic E-state index is -0.860. The van der Waals surface area contributed by atoms with Crippen molar-refractivity contribution in [2.24, 2.45) is 5.73 Å². The molecule has 2 aromatic rings. The van der Waals surface area contributed by atoms with Crippen LogP contribution in [0.5, 0.6) is 0 Å². The number of nitro benzene ring substituents is 1. The van der Waals surface area contributed by atoms with E-state index >= 15 is 0 Å². The van der Waals surface area contributed by atoms with Gasteiger partial charge in [-0.25, -0.2) is 0 Å². The number of rotatable bonds is 8. The molecule has 1 aliphatic heterocycles. The molecule has 1 aliphatic rings. The third kappa shape index (κ3) is 6.48. The minimum Gasteiger partial charge on any atom is -0.375 e. The lowest BCUT2D eigenvalue weighted by Gasteiger charge is -2.26. The van der Waals surface area contributed by atoms with Crippen LogP contribution in [0, 0.1) is 10.1 Å². The molecule has 0 saturated carbocycles. The summed E-state index contributed by atoms with van der Waals surface area (Å²) in [5.41, 5.74) is 7.36. The van der Waals surface area contributed by atoms with Crippen molar-refractivity contribution in [1.82, 2.24) is 4.90 Å². The molecule has 3 N–H and O–H groups in total. The molecule has 0 aliphatic carbocycles. The number of halogens is 1. The normalized spacial score (nSPS) is 16.3. The molecule has 10 heteroatoms. The largest absolute Gasteiger partial charge is 0.375 e. The average molecular weight is 449 g/mol. The summed E-state index contributed by atoms with van der Waals surface area (Å²) in [7, 11) is 0. The summed E-state index contributed by atoms with van der Waals surface area (Å²) in [6.07, 6.45) is 1.23. The van der Waals surface area contributed by atoms with Gasteiger partial charge in [0, 0.05) is 24.4 Å². The van der Waals surface area contributed by atoms with Crippen LogP contribution < -0.4 is 11.1 Å². The number of benzene rings is 2. The van der Waals surface area contributed by atoms with Crippen molar-refractivity contribution in [3.8, 4) is 0 Å². The summed E-state index contributed by atoms with van der Waals surface area (Å²) in [5.74, 6) is -0.670. The van der Waals surface area contributed by atoms with E-state index in [1.807, 2.05) is 30.3 Å². The standard InChI is InChI=1S/C21H24N4O5.ClH/c22-18(14-30-13-15-5-2-1-3-6-15)21(27)24-12-4-7-19(24)20(26)23-16-8-10-17(11-9-16)25(28)29;/h1-3,5-6,8-11,18-19H,4,7,12-14,22H2,(H,23,26);1H/t18-,19-;/m0./s1. The molecule has 3 rings (SSSR count). The van der Waals surface area contributed by atoms with E-state index in [0.717, 1.165) is 5.56 Å². The number of nitro groups is 1. The van der Waals surface area contributed by atoms with Gasteiger partial charge in [0.2, 0.25) is 11.8 Å². The van der Waals surface area contributed by atoms with Crippen LogP contribution >= 0.6 is 12.4 Å². The number of non-ortho nitro benzene ring substituents is 1. The summed E-state index contributed by atoms with van der Waals surface area (Å²) in [6.45, 7) is 0.858. The van der Waals surface area contributed by atoms with Gasteiger partial charge in [0.25, 0.3) is 5.69 Å². The molecule has 0 spiro atoms. The summed E-state index contributed by atoms with van der Waals surface area (Å²) >= 11 is 0. The Morgan fingerprint density at radius 1 is 1.19 bits per heavy atom. The predicted octanol–water partition coefficient (Wildman–Crippen LogP) is 2.49. The molecule has 9 nitrogen and oxygen atoms in total. The van der Waals surface area contributed by atoms with Gasteiger partial charge in [-0.2, -0.15) is 0 Å². The highest BCUT2D eigenvalue weighted by Crippen LogP contribution is 2.21. The van der Waals surface area contributed by atoms with Gasteiger partial charge in [0.05, 0.1) is 18.1 Å². The Hall–Kier alpha value is -3.01. The molecule has 0 bridgehead atoms. The number of nitrogens with two attached hydrogens (primary N) is 1. The molecule has 0 radical (unpaired) electrons. The zero-order valence-electron chi connectivity index (χ0n) is 16.8. The van der Waals surface area contributed by atoms with Gasteiger partial charge < -0.3 is 20.7 Å². The summed E-state index contributed by atoms with van der Waals surface area (Å²) in [5, 5.41) is 13.4. The van der Waals surface area contributed by atoms with E-state index in [1.165, 1.54) is 29.2 Å². The number of carbonyl (C=O) groups is 2. The van der Waals surface area contributed by atoms with Gasteiger partial charge in [0.15, 0.2) is 0 Å². The Morgan fingerprint density at radius 2 is 1.87 bits per heavy atom. The highest BCUT2D eigenvalue weighted by atomic mass is 35.5. The smallest absolute Gasteiger partial charge is 0.269 e. The third-order valence-corrected chi connectivity index (χ3v) is 4.91. The molecule has 166 valence electrons. The van der Waals surface area contributed by atoms with Gasteiger partial charge in [-0.15, -0.1) is 12.4 Å². The van der Waals surface area contributed by atoms with Crippen molar-refractivity contribution in [2.75, 3.05) is 18.5 Å². The van der Waals surface area contributed by atoms with Crippen LogP contribution in [-0.2, 0) is 20.9 Å². The number of hydrogen-bond acceptors (Lipinski definition) is 6. The first-order chi connectivity index (χ1) is 14.5. The van der Waals surface area contributed by atoms with Crippen LogP contribution in [0.3, 0.4) is 0 Å². The number of ether oxygens (including phenoxy) is 1. The maximum atomic E-state index is 12.7. The van der Waals surface area contributed by atoms with Crippen molar-refractivity contribution >= 4 is 35.6 Å². The maximum Gasteiger partial charge on any atom is 0.269 e. The summed E-state index contributed by atoms with van der Waals surface area (Å²) in [6, 6.07) is 13.6. The monoisotopic (exact) mass is 448 g/mol. The number of anilines is 1. The molecule has 2 aromatic carbocycles. The number of nitrogens with one attached hydrogen (secondary N) is 1.